The molecule has 0 aliphatic heterocycles. The Morgan fingerprint density at radius 2 is 2.13 bits per heavy atom. The predicted octanol–water partition coefficient (Wildman–Crippen LogP) is 3.75. The maximum absolute atomic E-state index is 12.3. The number of terminal acetylenes is 1. The molecule has 0 bridgehead atoms. The van der Waals surface area contributed by atoms with Crippen molar-refractivity contribution in [3.8, 4) is 12.3 Å². The summed E-state index contributed by atoms with van der Waals surface area (Å²) in [5, 5.41) is 14.2. The molecule has 0 saturated heterocycles. The van der Waals surface area contributed by atoms with Crippen LogP contribution in [0.25, 0.3) is 0 Å². The van der Waals surface area contributed by atoms with Gasteiger partial charge in [0, 0.05) is 23.4 Å². The van der Waals surface area contributed by atoms with Gasteiger partial charge in [0.15, 0.2) is 6.21 Å². The van der Waals surface area contributed by atoms with Crippen LogP contribution in [-0.4, -0.2) is 23.5 Å². The third-order valence-electron chi connectivity index (χ3n) is 3.17. The lowest BCUT2D eigenvalue weighted by Crippen LogP contribution is -2.05. The van der Waals surface area contributed by atoms with Gasteiger partial charge in [-0.05, 0) is 36.9 Å². The molecule has 1 heterocycles. The Balaban J connectivity index is 2.17. The van der Waals surface area contributed by atoms with Crippen LogP contribution in [0.3, 0.4) is 0 Å². The molecule has 4 nitrogen and oxygen atoms in total. The van der Waals surface area contributed by atoms with Crippen molar-refractivity contribution in [1.82, 2.24) is 0 Å². The van der Waals surface area contributed by atoms with E-state index in [1.165, 1.54) is 6.21 Å². The highest BCUT2D eigenvalue weighted by Gasteiger charge is 2.10. The largest absolute Gasteiger partial charge is 0.618 e. The first-order chi connectivity index (χ1) is 11.2. The molecule has 0 amide bonds. The van der Waals surface area contributed by atoms with Crippen LogP contribution >= 0.6 is 11.3 Å². The van der Waals surface area contributed by atoms with Gasteiger partial charge in [-0.1, -0.05) is 0 Å². The SMILES string of the molecule is C#CCCc1sccc1/C=[N+](/[O-])c1ccc(C(=O)OCC)cc1. The Hall–Kier alpha value is -2.58. The quantitative estimate of drug-likeness (QED) is 0.203. The predicted molar refractivity (Wildman–Crippen MR) is 92.3 cm³/mol. The average molecular weight is 327 g/mol. The Kier molecular flexibility index (Phi) is 5.95. The number of nitrogens with zero attached hydrogens (tertiary/aromatic N) is 1. The van der Waals surface area contributed by atoms with Crippen LogP contribution in [0.2, 0.25) is 0 Å². The van der Waals surface area contributed by atoms with Gasteiger partial charge in [-0.25, -0.2) is 4.79 Å². The molecular weight excluding hydrogens is 310 g/mol. The molecule has 0 spiro atoms. The van der Waals surface area contributed by atoms with Gasteiger partial charge < -0.3 is 9.94 Å². The lowest BCUT2D eigenvalue weighted by molar-refractivity contribution is -0.354. The molecule has 0 radical (unpaired) electrons. The number of benzene rings is 1. The number of ether oxygens (including phenoxy) is 1. The molecule has 5 heteroatoms. The molecule has 1 aromatic heterocycles. The number of hydrogen-bond donors (Lipinski definition) is 0. The number of thiophene rings is 1. The molecule has 0 fully saturated rings. The fourth-order valence-corrected chi connectivity index (χ4v) is 2.87. The van der Waals surface area contributed by atoms with E-state index in [0.717, 1.165) is 21.6 Å². The normalized spacial score (nSPS) is 11.0. The van der Waals surface area contributed by atoms with Crippen LogP contribution in [0.15, 0.2) is 35.7 Å². The van der Waals surface area contributed by atoms with Gasteiger partial charge >= 0.3 is 5.97 Å². The molecule has 0 aliphatic carbocycles. The van der Waals surface area contributed by atoms with Gasteiger partial charge in [-0.3, -0.25) is 0 Å². The van der Waals surface area contributed by atoms with Crippen molar-refractivity contribution >= 4 is 29.2 Å². The zero-order valence-electron chi connectivity index (χ0n) is 12.8. The highest BCUT2D eigenvalue weighted by Crippen LogP contribution is 2.19. The molecule has 23 heavy (non-hydrogen) atoms. The van der Waals surface area contributed by atoms with Gasteiger partial charge in [-0.15, -0.1) is 23.7 Å². The smallest absolute Gasteiger partial charge is 0.338 e. The van der Waals surface area contributed by atoms with Gasteiger partial charge in [-0.2, -0.15) is 4.74 Å². The summed E-state index contributed by atoms with van der Waals surface area (Å²) in [5.41, 5.74) is 1.75. The summed E-state index contributed by atoms with van der Waals surface area (Å²) >= 11 is 1.58. The first-order valence-electron chi connectivity index (χ1n) is 7.24. The minimum Gasteiger partial charge on any atom is -0.618 e. The van der Waals surface area contributed by atoms with E-state index in [0.29, 0.717) is 24.3 Å². The van der Waals surface area contributed by atoms with Crippen LogP contribution in [-0.2, 0) is 11.2 Å². The van der Waals surface area contributed by atoms with Crippen LogP contribution in [0.4, 0.5) is 5.69 Å². The maximum Gasteiger partial charge on any atom is 0.338 e. The molecule has 2 aromatic rings. The van der Waals surface area contributed by atoms with Crippen LogP contribution in [0, 0.1) is 17.6 Å². The number of carbonyl (C=O) groups is 1. The molecule has 0 unspecified atom stereocenters. The zero-order chi connectivity index (χ0) is 16.7. The van der Waals surface area contributed by atoms with Gasteiger partial charge in [0.05, 0.1) is 17.7 Å². The van der Waals surface area contributed by atoms with Crippen LogP contribution in [0.1, 0.15) is 34.1 Å². The fourth-order valence-electron chi connectivity index (χ4n) is 2.01. The number of hydrogen-bond acceptors (Lipinski definition) is 4. The molecule has 1 aromatic carbocycles. The first kappa shape index (κ1) is 16.8. The maximum atomic E-state index is 12.3. The summed E-state index contributed by atoms with van der Waals surface area (Å²) in [6.45, 7) is 2.07. The molecule has 0 saturated carbocycles. The zero-order valence-corrected chi connectivity index (χ0v) is 13.6. The minimum absolute atomic E-state index is 0.320. The van der Waals surface area contributed by atoms with E-state index < -0.39 is 5.97 Å². The van der Waals surface area contributed by atoms with Gasteiger partial charge in [0.25, 0.3) is 0 Å². The van der Waals surface area contributed by atoms with E-state index in [-0.39, 0.29) is 0 Å². The van der Waals surface area contributed by atoms with Gasteiger partial charge in [0.2, 0.25) is 5.69 Å². The van der Waals surface area contributed by atoms with E-state index in [1.807, 2.05) is 11.4 Å². The number of esters is 1. The average Bonchev–Trinajstić information content (AvgIpc) is 3.00. The third-order valence-corrected chi connectivity index (χ3v) is 4.16. The second-order valence-electron chi connectivity index (χ2n) is 4.73. The van der Waals surface area contributed by atoms with E-state index in [4.69, 9.17) is 11.2 Å². The highest BCUT2D eigenvalue weighted by atomic mass is 32.1. The Morgan fingerprint density at radius 1 is 1.39 bits per heavy atom. The number of aryl methyl sites for hydroxylation is 1. The summed E-state index contributed by atoms with van der Waals surface area (Å²) < 4.78 is 5.70. The van der Waals surface area contributed by atoms with Crippen molar-refractivity contribution < 1.29 is 14.3 Å². The summed E-state index contributed by atoms with van der Waals surface area (Å²) in [4.78, 5) is 12.7. The topological polar surface area (TPSA) is 52.4 Å². The van der Waals surface area contributed by atoms with E-state index in [9.17, 15) is 10.0 Å². The molecular formula is C18H17NO3S. The Bertz CT molecular complexity index is 738. The number of carbonyl (C=O) groups excluding carboxylic acids is 1. The van der Waals surface area contributed by atoms with Crippen molar-refractivity contribution in [2.75, 3.05) is 6.61 Å². The van der Waals surface area contributed by atoms with E-state index >= 15 is 0 Å². The van der Waals surface area contributed by atoms with Crippen LogP contribution in [0.5, 0.6) is 0 Å². The molecule has 0 N–H and O–H groups in total. The molecule has 2 rings (SSSR count). The van der Waals surface area contributed by atoms with Crippen LogP contribution < -0.4 is 0 Å². The third kappa shape index (κ3) is 4.44. The van der Waals surface area contributed by atoms with Crippen molar-refractivity contribution in [3.05, 3.63) is 56.9 Å². The fraction of sp³-hybridized carbons (Fsp3) is 0.222. The first-order valence-corrected chi connectivity index (χ1v) is 8.12. The second-order valence-corrected chi connectivity index (χ2v) is 5.73. The van der Waals surface area contributed by atoms with Gasteiger partial charge in [0.1, 0.15) is 0 Å². The monoisotopic (exact) mass is 327 g/mol. The Labute approximate surface area is 139 Å². The lowest BCUT2D eigenvalue weighted by atomic mass is 10.2. The summed E-state index contributed by atoms with van der Waals surface area (Å²) in [7, 11) is 0. The molecule has 0 atom stereocenters. The lowest BCUT2D eigenvalue weighted by Gasteiger charge is -2.05. The number of rotatable bonds is 6. The Morgan fingerprint density at radius 3 is 2.78 bits per heavy atom. The standard InChI is InChI=1S/C18H17NO3S/c1-3-5-6-17-15(11-12-23-17)13-19(21)16-9-7-14(8-10-16)18(20)22-4-2/h1,7-13H,4-6H2,2H3/b19-13+. The summed E-state index contributed by atoms with van der Waals surface area (Å²) in [5.74, 6) is 2.21. The molecule has 0 aliphatic rings. The van der Waals surface area contributed by atoms with Crippen molar-refractivity contribution in [3.63, 3.8) is 0 Å². The minimum atomic E-state index is -0.394. The van der Waals surface area contributed by atoms with Crippen molar-refractivity contribution in [1.29, 1.82) is 0 Å². The summed E-state index contributed by atoms with van der Waals surface area (Å²) in [6, 6.07) is 8.26. The highest BCUT2D eigenvalue weighted by molar-refractivity contribution is 7.10. The van der Waals surface area contributed by atoms with E-state index in [2.05, 4.69) is 5.92 Å². The summed E-state index contributed by atoms with van der Waals surface area (Å²) in [6.07, 6.45) is 8.22. The van der Waals surface area contributed by atoms with E-state index in [1.54, 1.807) is 42.5 Å². The van der Waals surface area contributed by atoms with Crippen molar-refractivity contribution in [2.45, 2.75) is 19.8 Å². The molecule has 118 valence electrons. The second kappa shape index (κ2) is 8.16. The van der Waals surface area contributed by atoms with Crippen molar-refractivity contribution in [2.24, 2.45) is 0 Å².